The standard InChI is InChI=1S/C25H35N3O4S/c1-5-23(25(30)26-6-2)27(19-21-16-14-20(3)15-17-21)24(29)13-10-18-28(33(4,31)32)22-11-8-7-9-12-22/h7-9,11-12,14-17,23H,5-6,10,13,18-19H2,1-4H3,(H,26,30)/t23-/m0/s1. The van der Waals surface area contributed by atoms with Crippen LogP contribution in [0.3, 0.4) is 0 Å². The number of benzene rings is 2. The molecule has 8 heteroatoms. The molecule has 0 aliphatic rings. The van der Waals surface area contributed by atoms with Gasteiger partial charge in [-0.15, -0.1) is 0 Å². The number of para-hydroxylation sites is 1. The molecule has 2 aromatic rings. The first-order chi connectivity index (χ1) is 15.7. The Balaban J connectivity index is 2.17. The number of hydrogen-bond acceptors (Lipinski definition) is 4. The lowest BCUT2D eigenvalue weighted by Gasteiger charge is -2.31. The predicted molar refractivity (Wildman–Crippen MR) is 132 cm³/mol. The molecule has 0 heterocycles. The average Bonchev–Trinajstić information content (AvgIpc) is 2.77. The van der Waals surface area contributed by atoms with Crippen LogP contribution in [0.5, 0.6) is 0 Å². The van der Waals surface area contributed by atoms with Gasteiger partial charge in [0, 0.05) is 26.1 Å². The Bertz CT molecular complexity index is 1010. The van der Waals surface area contributed by atoms with E-state index in [0.29, 0.717) is 31.6 Å². The van der Waals surface area contributed by atoms with Crippen LogP contribution in [0.1, 0.15) is 44.2 Å². The topological polar surface area (TPSA) is 86.8 Å². The van der Waals surface area contributed by atoms with Crippen molar-refractivity contribution in [3.8, 4) is 0 Å². The summed E-state index contributed by atoms with van der Waals surface area (Å²) >= 11 is 0. The van der Waals surface area contributed by atoms with E-state index >= 15 is 0 Å². The van der Waals surface area contributed by atoms with Gasteiger partial charge in [0.1, 0.15) is 6.04 Å². The van der Waals surface area contributed by atoms with E-state index in [-0.39, 0.29) is 24.8 Å². The number of anilines is 1. The van der Waals surface area contributed by atoms with Gasteiger partial charge in [-0.1, -0.05) is 55.0 Å². The summed E-state index contributed by atoms with van der Waals surface area (Å²) in [4.78, 5) is 27.6. The summed E-state index contributed by atoms with van der Waals surface area (Å²) < 4.78 is 25.9. The molecule has 0 aliphatic heterocycles. The second-order valence-electron chi connectivity index (χ2n) is 8.10. The van der Waals surface area contributed by atoms with Crippen LogP contribution in [0.2, 0.25) is 0 Å². The summed E-state index contributed by atoms with van der Waals surface area (Å²) in [6.45, 7) is 6.73. The molecule has 0 spiro atoms. The Hall–Kier alpha value is -2.87. The molecule has 2 rings (SSSR count). The molecular formula is C25H35N3O4S. The molecule has 0 fully saturated rings. The maximum absolute atomic E-state index is 13.3. The zero-order chi connectivity index (χ0) is 24.4. The number of nitrogens with zero attached hydrogens (tertiary/aromatic N) is 2. The number of carbonyl (C=O) groups excluding carboxylic acids is 2. The van der Waals surface area contributed by atoms with Gasteiger partial charge in [0.2, 0.25) is 21.8 Å². The number of nitrogens with one attached hydrogen (secondary N) is 1. The van der Waals surface area contributed by atoms with Crippen LogP contribution in [0.25, 0.3) is 0 Å². The quantitative estimate of drug-likeness (QED) is 0.511. The maximum Gasteiger partial charge on any atom is 0.242 e. The van der Waals surface area contributed by atoms with Crippen molar-refractivity contribution in [3.05, 3.63) is 65.7 Å². The van der Waals surface area contributed by atoms with Gasteiger partial charge in [-0.05, 0) is 44.4 Å². The summed E-state index contributed by atoms with van der Waals surface area (Å²) in [5.74, 6) is -0.349. The van der Waals surface area contributed by atoms with Crippen LogP contribution in [0.15, 0.2) is 54.6 Å². The van der Waals surface area contributed by atoms with Crippen molar-refractivity contribution in [1.82, 2.24) is 10.2 Å². The summed E-state index contributed by atoms with van der Waals surface area (Å²) in [5.41, 5.74) is 2.63. The maximum atomic E-state index is 13.3. The van der Waals surface area contributed by atoms with Gasteiger partial charge >= 0.3 is 0 Å². The lowest BCUT2D eigenvalue weighted by atomic mass is 10.1. The summed E-state index contributed by atoms with van der Waals surface area (Å²) in [5, 5.41) is 2.82. The van der Waals surface area contributed by atoms with Crippen molar-refractivity contribution in [2.45, 2.75) is 52.6 Å². The third-order valence-electron chi connectivity index (χ3n) is 5.41. The number of carbonyl (C=O) groups is 2. The molecule has 2 aromatic carbocycles. The molecule has 0 aromatic heterocycles. The summed E-state index contributed by atoms with van der Waals surface area (Å²) in [7, 11) is -3.49. The minimum Gasteiger partial charge on any atom is -0.355 e. The summed E-state index contributed by atoms with van der Waals surface area (Å²) in [6.07, 6.45) is 2.13. The van der Waals surface area contributed by atoms with Crippen molar-refractivity contribution in [2.75, 3.05) is 23.7 Å². The zero-order valence-electron chi connectivity index (χ0n) is 20.0. The van der Waals surface area contributed by atoms with Crippen LogP contribution >= 0.6 is 0 Å². The molecule has 0 saturated heterocycles. The summed E-state index contributed by atoms with van der Waals surface area (Å²) in [6, 6.07) is 16.1. The Labute approximate surface area is 197 Å². The second kappa shape index (κ2) is 12.4. The van der Waals surface area contributed by atoms with Gasteiger partial charge in [0.15, 0.2) is 0 Å². The van der Waals surface area contributed by atoms with E-state index in [1.165, 1.54) is 4.31 Å². The van der Waals surface area contributed by atoms with Crippen LogP contribution < -0.4 is 9.62 Å². The number of rotatable bonds is 12. The Morgan fingerprint density at radius 1 is 1.00 bits per heavy atom. The predicted octanol–water partition coefficient (Wildman–Crippen LogP) is 3.48. The highest BCUT2D eigenvalue weighted by Crippen LogP contribution is 2.19. The Morgan fingerprint density at radius 2 is 1.64 bits per heavy atom. The highest BCUT2D eigenvalue weighted by atomic mass is 32.2. The van der Waals surface area contributed by atoms with Crippen molar-refractivity contribution >= 4 is 27.5 Å². The molecule has 180 valence electrons. The van der Waals surface area contributed by atoms with Crippen molar-refractivity contribution in [2.24, 2.45) is 0 Å². The molecule has 0 unspecified atom stereocenters. The van der Waals surface area contributed by atoms with E-state index in [1.54, 1.807) is 29.2 Å². The van der Waals surface area contributed by atoms with Crippen molar-refractivity contribution in [3.63, 3.8) is 0 Å². The number of sulfonamides is 1. The molecule has 2 amide bonds. The first-order valence-electron chi connectivity index (χ1n) is 11.3. The minimum absolute atomic E-state index is 0.140. The number of amides is 2. The van der Waals surface area contributed by atoms with E-state index in [0.717, 1.165) is 17.4 Å². The second-order valence-corrected chi connectivity index (χ2v) is 10.0. The van der Waals surface area contributed by atoms with E-state index in [1.807, 2.05) is 51.1 Å². The molecule has 7 nitrogen and oxygen atoms in total. The lowest BCUT2D eigenvalue weighted by Crippen LogP contribution is -2.49. The SMILES string of the molecule is CCNC(=O)[C@H](CC)N(Cc1ccc(C)cc1)C(=O)CCCN(c1ccccc1)S(C)(=O)=O. The molecule has 1 atom stereocenters. The van der Waals surface area contributed by atoms with Gasteiger partial charge in [-0.3, -0.25) is 13.9 Å². The molecule has 1 N–H and O–H groups in total. The van der Waals surface area contributed by atoms with Crippen molar-refractivity contribution in [1.29, 1.82) is 0 Å². The highest BCUT2D eigenvalue weighted by molar-refractivity contribution is 7.92. The molecule has 0 aliphatic carbocycles. The van der Waals surface area contributed by atoms with Gasteiger partial charge in [-0.25, -0.2) is 8.42 Å². The smallest absolute Gasteiger partial charge is 0.242 e. The third-order valence-corrected chi connectivity index (χ3v) is 6.60. The van der Waals surface area contributed by atoms with Crippen LogP contribution in [0.4, 0.5) is 5.69 Å². The molecular weight excluding hydrogens is 438 g/mol. The monoisotopic (exact) mass is 473 g/mol. The average molecular weight is 474 g/mol. The first kappa shape index (κ1) is 26.4. The van der Waals surface area contributed by atoms with E-state index in [2.05, 4.69) is 5.32 Å². The van der Waals surface area contributed by atoms with E-state index in [9.17, 15) is 18.0 Å². The zero-order valence-corrected chi connectivity index (χ0v) is 20.8. The van der Waals surface area contributed by atoms with E-state index in [4.69, 9.17) is 0 Å². The van der Waals surface area contributed by atoms with Crippen LogP contribution in [-0.2, 0) is 26.2 Å². The fourth-order valence-corrected chi connectivity index (χ4v) is 4.67. The fraction of sp³-hybridized carbons (Fsp3) is 0.440. The largest absolute Gasteiger partial charge is 0.355 e. The van der Waals surface area contributed by atoms with Gasteiger partial charge in [0.05, 0.1) is 11.9 Å². The van der Waals surface area contributed by atoms with Crippen LogP contribution in [0, 0.1) is 6.92 Å². The number of hydrogen-bond donors (Lipinski definition) is 1. The molecule has 33 heavy (non-hydrogen) atoms. The third kappa shape index (κ3) is 7.89. The van der Waals surface area contributed by atoms with E-state index < -0.39 is 16.1 Å². The van der Waals surface area contributed by atoms with Crippen molar-refractivity contribution < 1.29 is 18.0 Å². The number of likely N-dealkylation sites (N-methyl/N-ethyl adjacent to an activating group) is 1. The van der Waals surface area contributed by atoms with Gasteiger partial charge in [0.25, 0.3) is 0 Å². The van der Waals surface area contributed by atoms with Crippen LogP contribution in [-0.4, -0.2) is 50.5 Å². The first-order valence-corrected chi connectivity index (χ1v) is 13.2. The Morgan fingerprint density at radius 3 is 2.18 bits per heavy atom. The molecule has 0 bridgehead atoms. The highest BCUT2D eigenvalue weighted by Gasteiger charge is 2.28. The number of aryl methyl sites for hydroxylation is 1. The normalized spacial score (nSPS) is 12.1. The lowest BCUT2D eigenvalue weighted by molar-refractivity contribution is -0.141. The minimum atomic E-state index is -3.49. The Kier molecular flexibility index (Phi) is 9.91. The fourth-order valence-electron chi connectivity index (χ4n) is 3.70. The van der Waals surface area contributed by atoms with Gasteiger partial charge in [-0.2, -0.15) is 0 Å². The molecule has 0 saturated carbocycles. The van der Waals surface area contributed by atoms with Gasteiger partial charge < -0.3 is 10.2 Å². The molecule has 0 radical (unpaired) electrons.